The minimum absolute atomic E-state index is 0.853. The summed E-state index contributed by atoms with van der Waals surface area (Å²) in [6.07, 6.45) is 0.853. The van der Waals surface area contributed by atoms with Gasteiger partial charge in [0.15, 0.2) is 0 Å². The maximum Gasteiger partial charge on any atom is 0.231 e. The molecule has 2 unspecified atom stereocenters. The third kappa shape index (κ3) is 2.14. The van der Waals surface area contributed by atoms with E-state index in [1.165, 1.54) is 6.92 Å². The lowest BCUT2D eigenvalue weighted by molar-refractivity contribution is 0.219. The molecule has 8 heavy (non-hydrogen) atoms. The minimum atomic E-state index is -2.51. The monoisotopic (exact) mass is 161 g/mol. The standard InChI is InChI=1S/C4H5Cl2F2/c1-2-4(6,8)3(5)7/h2-3H,1H3. The Labute approximate surface area is 56.8 Å². The first kappa shape index (κ1) is 8.44. The second kappa shape index (κ2) is 2.83. The lowest BCUT2D eigenvalue weighted by Gasteiger charge is -2.13. The van der Waals surface area contributed by atoms with Gasteiger partial charge in [0.25, 0.3) is 0 Å². The highest BCUT2D eigenvalue weighted by atomic mass is 35.5. The van der Waals surface area contributed by atoms with E-state index in [2.05, 4.69) is 11.6 Å². The van der Waals surface area contributed by atoms with E-state index in [1.807, 2.05) is 0 Å². The van der Waals surface area contributed by atoms with Gasteiger partial charge in [-0.25, -0.2) is 8.78 Å². The van der Waals surface area contributed by atoms with Crippen molar-refractivity contribution in [2.75, 3.05) is 0 Å². The van der Waals surface area contributed by atoms with E-state index in [0.29, 0.717) is 0 Å². The van der Waals surface area contributed by atoms with Crippen molar-refractivity contribution in [3.63, 3.8) is 0 Å². The van der Waals surface area contributed by atoms with E-state index in [4.69, 9.17) is 11.6 Å². The minimum Gasteiger partial charge on any atom is -0.225 e. The van der Waals surface area contributed by atoms with Crippen LogP contribution in [0.15, 0.2) is 0 Å². The fourth-order valence-corrected chi connectivity index (χ4v) is 0.252. The summed E-state index contributed by atoms with van der Waals surface area (Å²) >= 11 is 9.49. The summed E-state index contributed by atoms with van der Waals surface area (Å²) in [4.78, 5) is 0. The van der Waals surface area contributed by atoms with Gasteiger partial charge in [0.1, 0.15) is 0 Å². The Balaban J connectivity index is 3.71. The molecule has 0 nitrogen and oxygen atoms in total. The van der Waals surface area contributed by atoms with Crippen LogP contribution < -0.4 is 0 Å². The average Bonchev–Trinajstić information content (AvgIpc) is 1.67. The molecule has 4 heteroatoms. The Bertz CT molecular complexity index is 72.4. The zero-order valence-corrected chi connectivity index (χ0v) is 5.68. The fraction of sp³-hybridized carbons (Fsp3) is 0.750. The van der Waals surface area contributed by atoms with Gasteiger partial charge in [-0.05, 0) is 0 Å². The summed E-state index contributed by atoms with van der Waals surface area (Å²) in [5.74, 6) is 0. The van der Waals surface area contributed by atoms with Crippen LogP contribution in [-0.2, 0) is 0 Å². The Hall–Kier alpha value is 0.440. The molecule has 0 rings (SSSR count). The molecule has 2 atom stereocenters. The van der Waals surface area contributed by atoms with Gasteiger partial charge in [0, 0.05) is 6.42 Å². The fourth-order valence-electron chi connectivity index (χ4n) is 0.126. The molecule has 0 N–H and O–H groups in total. The molecule has 0 aliphatic rings. The molecule has 0 heterocycles. The van der Waals surface area contributed by atoms with Gasteiger partial charge in [-0.1, -0.05) is 30.1 Å². The molecular weight excluding hydrogens is 157 g/mol. The Morgan fingerprint density at radius 3 is 2.12 bits per heavy atom. The molecule has 0 amide bonds. The molecule has 0 spiro atoms. The zero-order chi connectivity index (χ0) is 6.78. The number of rotatable bonds is 2. The van der Waals surface area contributed by atoms with E-state index in [0.717, 1.165) is 6.42 Å². The van der Waals surface area contributed by atoms with Gasteiger partial charge in [0.05, 0.1) is 0 Å². The molecule has 1 radical (unpaired) electrons. The molecule has 49 valence electrons. The second-order valence-electron chi connectivity index (χ2n) is 1.26. The van der Waals surface area contributed by atoms with Crippen LogP contribution in [0.3, 0.4) is 0 Å². The molecule has 0 aromatic rings. The van der Waals surface area contributed by atoms with Crippen LogP contribution in [0.2, 0.25) is 0 Å². The van der Waals surface area contributed by atoms with Gasteiger partial charge in [-0.3, -0.25) is 0 Å². The Morgan fingerprint density at radius 1 is 1.75 bits per heavy atom. The predicted octanol–water partition coefficient (Wildman–Crippen LogP) is 2.65. The normalized spacial score (nSPS) is 22.1. The SMILES string of the molecule is C[CH]C(F)(Cl)C(F)Cl. The van der Waals surface area contributed by atoms with Crippen LogP contribution in [0.5, 0.6) is 0 Å². The van der Waals surface area contributed by atoms with Crippen LogP contribution in [0.25, 0.3) is 0 Å². The molecule has 0 bridgehead atoms. The van der Waals surface area contributed by atoms with Crippen LogP contribution in [-0.4, -0.2) is 10.8 Å². The van der Waals surface area contributed by atoms with Crippen molar-refractivity contribution in [3.05, 3.63) is 6.42 Å². The molecule has 0 aromatic heterocycles. The van der Waals surface area contributed by atoms with Crippen LogP contribution in [0.1, 0.15) is 6.92 Å². The van der Waals surface area contributed by atoms with Crippen molar-refractivity contribution >= 4 is 23.2 Å². The van der Waals surface area contributed by atoms with Crippen molar-refractivity contribution in [2.45, 2.75) is 17.7 Å². The number of alkyl halides is 4. The average molecular weight is 162 g/mol. The highest BCUT2D eigenvalue weighted by molar-refractivity contribution is 6.31. The van der Waals surface area contributed by atoms with Gasteiger partial charge >= 0.3 is 0 Å². The first-order valence-electron chi connectivity index (χ1n) is 1.97. The topological polar surface area (TPSA) is 0 Å². The summed E-state index contributed by atoms with van der Waals surface area (Å²) in [6, 6.07) is 0. The molecule has 0 aliphatic carbocycles. The highest BCUT2D eigenvalue weighted by Gasteiger charge is 2.33. The van der Waals surface area contributed by atoms with Crippen molar-refractivity contribution < 1.29 is 8.78 Å². The van der Waals surface area contributed by atoms with E-state index in [-0.39, 0.29) is 0 Å². The summed E-state index contributed by atoms with van der Waals surface area (Å²) in [6.45, 7) is 1.29. The highest BCUT2D eigenvalue weighted by Crippen LogP contribution is 2.29. The van der Waals surface area contributed by atoms with Gasteiger partial charge < -0.3 is 0 Å². The third-order valence-corrected chi connectivity index (χ3v) is 1.51. The molecule has 0 fully saturated rings. The van der Waals surface area contributed by atoms with Crippen LogP contribution in [0, 0.1) is 6.42 Å². The predicted molar refractivity (Wildman–Crippen MR) is 30.4 cm³/mol. The summed E-state index contributed by atoms with van der Waals surface area (Å²) in [5, 5.41) is -2.51. The smallest absolute Gasteiger partial charge is 0.225 e. The van der Waals surface area contributed by atoms with E-state index in [9.17, 15) is 8.78 Å². The number of hydrogen-bond donors (Lipinski definition) is 0. The first-order chi connectivity index (χ1) is 3.50. The summed E-state index contributed by atoms with van der Waals surface area (Å²) in [5.41, 5.74) is -2.17. The Kier molecular flexibility index (Phi) is 2.99. The molecule has 0 aliphatic heterocycles. The van der Waals surface area contributed by atoms with E-state index in [1.54, 1.807) is 0 Å². The quantitative estimate of drug-likeness (QED) is 0.547. The van der Waals surface area contributed by atoms with Gasteiger partial charge in [-0.15, -0.1) is 0 Å². The maximum atomic E-state index is 12.1. The van der Waals surface area contributed by atoms with Crippen molar-refractivity contribution in [1.29, 1.82) is 0 Å². The number of hydrogen-bond acceptors (Lipinski definition) is 0. The second-order valence-corrected chi connectivity index (χ2v) is 2.23. The van der Waals surface area contributed by atoms with Gasteiger partial charge in [0.2, 0.25) is 10.8 Å². The zero-order valence-electron chi connectivity index (χ0n) is 4.17. The Morgan fingerprint density at radius 2 is 2.12 bits per heavy atom. The third-order valence-electron chi connectivity index (χ3n) is 0.676. The molecule has 0 aromatic carbocycles. The molecular formula is C4H5Cl2F2. The first-order valence-corrected chi connectivity index (χ1v) is 2.78. The largest absolute Gasteiger partial charge is 0.231 e. The summed E-state index contributed by atoms with van der Waals surface area (Å²) in [7, 11) is 0. The van der Waals surface area contributed by atoms with E-state index >= 15 is 0 Å². The van der Waals surface area contributed by atoms with Crippen LogP contribution >= 0.6 is 23.2 Å². The molecule has 0 saturated heterocycles. The lowest BCUT2D eigenvalue weighted by Crippen LogP contribution is -2.22. The van der Waals surface area contributed by atoms with Crippen molar-refractivity contribution in [1.82, 2.24) is 0 Å². The van der Waals surface area contributed by atoms with Crippen molar-refractivity contribution in [2.24, 2.45) is 0 Å². The van der Waals surface area contributed by atoms with Crippen molar-refractivity contribution in [3.8, 4) is 0 Å². The lowest BCUT2D eigenvalue weighted by atomic mass is 10.3. The summed E-state index contributed by atoms with van der Waals surface area (Å²) < 4.78 is 23.9. The molecule has 0 saturated carbocycles. The number of halogens is 4. The van der Waals surface area contributed by atoms with Gasteiger partial charge in [-0.2, -0.15) is 0 Å². The van der Waals surface area contributed by atoms with E-state index < -0.39 is 10.8 Å². The van der Waals surface area contributed by atoms with Crippen LogP contribution in [0.4, 0.5) is 8.78 Å². The maximum absolute atomic E-state index is 12.1.